The van der Waals surface area contributed by atoms with Gasteiger partial charge in [0.25, 0.3) is 11.8 Å². The van der Waals surface area contributed by atoms with Crippen LogP contribution in [0.5, 0.6) is 0 Å². The van der Waals surface area contributed by atoms with E-state index in [9.17, 15) is 9.59 Å². The van der Waals surface area contributed by atoms with Gasteiger partial charge in [-0.3, -0.25) is 9.59 Å². The summed E-state index contributed by atoms with van der Waals surface area (Å²) in [6, 6.07) is 17.0. The highest BCUT2D eigenvalue weighted by molar-refractivity contribution is 6.46. The number of aryl methyl sites for hydroxylation is 4. The van der Waals surface area contributed by atoms with Gasteiger partial charge in [0, 0.05) is 10.7 Å². The van der Waals surface area contributed by atoms with Gasteiger partial charge in [-0.25, -0.2) is 4.90 Å². The van der Waals surface area contributed by atoms with Crippen molar-refractivity contribution in [3.05, 3.63) is 98.7 Å². The van der Waals surface area contributed by atoms with Gasteiger partial charge in [0.05, 0.1) is 11.3 Å². The number of imide groups is 1. The van der Waals surface area contributed by atoms with Crippen molar-refractivity contribution in [1.82, 2.24) is 0 Å². The average molecular weight is 445 g/mol. The highest BCUT2D eigenvalue weighted by Gasteiger charge is 2.41. The molecule has 0 radical (unpaired) electrons. The van der Waals surface area contributed by atoms with Gasteiger partial charge >= 0.3 is 0 Å². The van der Waals surface area contributed by atoms with E-state index in [1.807, 2.05) is 83.1 Å². The molecular formula is C27H25ClN2O2. The molecule has 1 heterocycles. The van der Waals surface area contributed by atoms with Crippen molar-refractivity contribution in [1.29, 1.82) is 0 Å². The highest BCUT2D eigenvalue weighted by Crippen LogP contribution is 2.36. The summed E-state index contributed by atoms with van der Waals surface area (Å²) in [6.45, 7) is 9.79. The number of nitrogens with zero attached hydrogens (tertiary/aromatic N) is 1. The van der Waals surface area contributed by atoms with E-state index in [1.54, 1.807) is 6.07 Å². The van der Waals surface area contributed by atoms with Crippen molar-refractivity contribution < 1.29 is 9.59 Å². The van der Waals surface area contributed by atoms with Crippen molar-refractivity contribution in [3.8, 4) is 0 Å². The molecule has 1 N–H and O–H groups in total. The first-order chi connectivity index (χ1) is 15.2. The fraction of sp³-hybridized carbons (Fsp3) is 0.185. The number of carbonyl (C=O) groups excluding carboxylic acids is 2. The predicted octanol–water partition coefficient (Wildman–Crippen LogP) is 6.28. The fourth-order valence-electron chi connectivity index (χ4n) is 3.96. The maximum absolute atomic E-state index is 13.7. The van der Waals surface area contributed by atoms with Crippen LogP contribution in [0.2, 0.25) is 5.02 Å². The quantitative estimate of drug-likeness (QED) is 0.482. The van der Waals surface area contributed by atoms with E-state index in [-0.39, 0.29) is 17.5 Å². The van der Waals surface area contributed by atoms with Crippen LogP contribution in [0.3, 0.4) is 0 Å². The number of carbonyl (C=O) groups is 2. The standard InChI is InChI=1S/C27H25ClN2O2/c1-15-9-12-23(18(4)13-15)30-26(31)24(20-11-10-16(2)17(3)14-20)25(27(30)32)29-22-8-6-7-21(28)19(22)5/h6-14,29H,1-5H3. The molecule has 4 rings (SSSR count). The van der Waals surface area contributed by atoms with E-state index in [1.165, 1.54) is 4.90 Å². The molecule has 0 aromatic heterocycles. The molecule has 5 heteroatoms. The van der Waals surface area contributed by atoms with E-state index in [4.69, 9.17) is 11.6 Å². The fourth-order valence-corrected chi connectivity index (χ4v) is 4.14. The lowest BCUT2D eigenvalue weighted by atomic mass is 9.99. The molecule has 4 nitrogen and oxygen atoms in total. The van der Waals surface area contributed by atoms with Crippen molar-refractivity contribution in [2.24, 2.45) is 0 Å². The Morgan fingerprint density at radius 3 is 2.22 bits per heavy atom. The predicted molar refractivity (Wildman–Crippen MR) is 131 cm³/mol. The number of benzene rings is 3. The first-order valence-electron chi connectivity index (χ1n) is 10.5. The molecule has 2 amide bonds. The Morgan fingerprint density at radius 2 is 1.53 bits per heavy atom. The second kappa shape index (κ2) is 8.29. The third-order valence-corrected chi connectivity index (χ3v) is 6.41. The molecule has 0 saturated carbocycles. The summed E-state index contributed by atoms with van der Waals surface area (Å²) < 4.78 is 0. The number of amides is 2. The lowest BCUT2D eigenvalue weighted by molar-refractivity contribution is -0.120. The molecule has 0 atom stereocenters. The monoisotopic (exact) mass is 444 g/mol. The van der Waals surface area contributed by atoms with Gasteiger partial charge < -0.3 is 5.32 Å². The van der Waals surface area contributed by atoms with E-state index < -0.39 is 0 Å². The summed E-state index contributed by atoms with van der Waals surface area (Å²) >= 11 is 6.30. The Balaban J connectivity index is 1.89. The Bertz CT molecular complexity index is 1310. The second-order valence-corrected chi connectivity index (χ2v) is 8.73. The maximum Gasteiger partial charge on any atom is 0.282 e. The second-order valence-electron chi connectivity index (χ2n) is 8.32. The third kappa shape index (κ3) is 3.71. The van der Waals surface area contributed by atoms with Crippen LogP contribution < -0.4 is 10.2 Å². The molecule has 1 aliphatic rings. The smallest absolute Gasteiger partial charge is 0.282 e. The summed E-state index contributed by atoms with van der Waals surface area (Å²) in [6.07, 6.45) is 0. The molecule has 162 valence electrons. The average Bonchev–Trinajstić information content (AvgIpc) is 2.98. The first-order valence-corrected chi connectivity index (χ1v) is 10.9. The molecule has 3 aromatic carbocycles. The number of nitrogens with one attached hydrogen (secondary N) is 1. The zero-order chi connectivity index (χ0) is 23.2. The molecule has 0 bridgehead atoms. The van der Waals surface area contributed by atoms with Crippen molar-refractivity contribution in [2.45, 2.75) is 34.6 Å². The summed E-state index contributed by atoms with van der Waals surface area (Å²) in [5.41, 5.74) is 7.53. The van der Waals surface area contributed by atoms with Gasteiger partial charge in [0.2, 0.25) is 0 Å². The summed E-state index contributed by atoms with van der Waals surface area (Å²) in [5.74, 6) is -0.720. The van der Waals surface area contributed by atoms with Crippen LogP contribution in [0, 0.1) is 34.6 Å². The van der Waals surface area contributed by atoms with Gasteiger partial charge in [0.15, 0.2) is 0 Å². The lowest BCUT2D eigenvalue weighted by Gasteiger charge is -2.18. The summed E-state index contributed by atoms with van der Waals surface area (Å²) in [4.78, 5) is 28.6. The number of hydrogen-bond acceptors (Lipinski definition) is 3. The summed E-state index contributed by atoms with van der Waals surface area (Å²) in [7, 11) is 0. The Morgan fingerprint density at radius 1 is 0.781 bits per heavy atom. The van der Waals surface area contributed by atoms with Gasteiger partial charge in [-0.15, -0.1) is 0 Å². The molecular weight excluding hydrogens is 420 g/mol. The molecule has 32 heavy (non-hydrogen) atoms. The zero-order valence-corrected chi connectivity index (χ0v) is 19.6. The number of rotatable bonds is 4. The molecule has 1 aliphatic heterocycles. The van der Waals surface area contributed by atoms with Crippen LogP contribution in [0.1, 0.15) is 33.4 Å². The van der Waals surface area contributed by atoms with E-state index >= 15 is 0 Å². The highest BCUT2D eigenvalue weighted by atomic mass is 35.5. The van der Waals surface area contributed by atoms with Crippen LogP contribution in [-0.4, -0.2) is 11.8 Å². The van der Waals surface area contributed by atoms with Gasteiger partial charge in [-0.2, -0.15) is 0 Å². The summed E-state index contributed by atoms with van der Waals surface area (Å²) in [5, 5.41) is 3.82. The zero-order valence-electron chi connectivity index (χ0n) is 18.8. The largest absolute Gasteiger partial charge is 0.350 e. The molecule has 0 aliphatic carbocycles. The Labute approximate surface area is 193 Å². The van der Waals surface area contributed by atoms with Crippen LogP contribution in [0.15, 0.2) is 60.3 Å². The minimum Gasteiger partial charge on any atom is -0.350 e. The Kier molecular flexibility index (Phi) is 5.66. The maximum atomic E-state index is 13.7. The van der Waals surface area contributed by atoms with Crippen LogP contribution >= 0.6 is 11.6 Å². The normalized spacial score (nSPS) is 13.9. The van der Waals surface area contributed by atoms with E-state index in [0.717, 1.165) is 27.8 Å². The number of hydrogen-bond donors (Lipinski definition) is 1. The van der Waals surface area contributed by atoms with Crippen LogP contribution in [-0.2, 0) is 9.59 Å². The van der Waals surface area contributed by atoms with E-state index in [2.05, 4.69) is 5.32 Å². The van der Waals surface area contributed by atoms with Crippen molar-refractivity contribution >= 4 is 40.4 Å². The molecule has 3 aromatic rings. The minimum absolute atomic E-state index is 0.253. The van der Waals surface area contributed by atoms with Gasteiger partial charge in [0.1, 0.15) is 5.70 Å². The Hall–Kier alpha value is -3.37. The molecule has 0 unspecified atom stereocenters. The SMILES string of the molecule is Cc1ccc(N2C(=O)C(Nc3cccc(Cl)c3C)=C(c3ccc(C)c(C)c3)C2=O)c(C)c1. The third-order valence-electron chi connectivity index (χ3n) is 6.00. The topological polar surface area (TPSA) is 49.4 Å². The number of halogens is 1. The molecule has 0 fully saturated rings. The number of anilines is 2. The molecule has 0 saturated heterocycles. The van der Waals surface area contributed by atoms with Gasteiger partial charge in [-0.1, -0.05) is 53.6 Å². The van der Waals surface area contributed by atoms with Crippen LogP contribution in [0.25, 0.3) is 5.57 Å². The minimum atomic E-state index is -0.380. The van der Waals surface area contributed by atoms with Crippen LogP contribution in [0.4, 0.5) is 11.4 Å². The van der Waals surface area contributed by atoms with Gasteiger partial charge in [-0.05, 0) is 80.6 Å². The van der Waals surface area contributed by atoms with Crippen molar-refractivity contribution in [2.75, 3.05) is 10.2 Å². The van der Waals surface area contributed by atoms with Crippen molar-refractivity contribution in [3.63, 3.8) is 0 Å². The first kappa shape index (κ1) is 21.8. The molecule has 0 spiro atoms. The lowest BCUT2D eigenvalue weighted by Crippen LogP contribution is -2.33. The van der Waals surface area contributed by atoms with E-state index in [0.29, 0.717) is 27.5 Å².